The Hall–Kier alpha value is -1.76. The smallest absolute Gasteiger partial charge is 0.237 e. The number of carbonyl (C=O) groups excluding carboxylic acids is 1. The highest BCUT2D eigenvalue weighted by Crippen LogP contribution is 2.24. The third kappa shape index (κ3) is 4.50. The van der Waals surface area contributed by atoms with Crippen molar-refractivity contribution in [1.29, 1.82) is 0 Å². The minimum atomic E-state index is -0.205. The van der Waals surface area contributed by atoms with Gasteiger partial charge in [0.15, 0.2) is 0 Å². The maximum Gasteiger partial charge on any atom is 0.237 e. The van der Waals surface area contributed by atoms with Crippen LogP contribution in [0.25, 0.3) is 0 Å². The van der Waals surface area contributed by atoms with E-state index in [1.165, 1.54) is 10.9 Å². The molecule has 2 atom stereocenters. The molecular weight excluding hydrogens is 349 g/mol. The first kappa shape index (κ1) is 19.0. The molecule has 140 valence electrons. The average Bonchev–Trinajstić information content (AvgIpc) is 3.28. The molecule has 0 radical (unpaired) electrons. The van der Waals surface area contributed by atoms with Crippen molar-refractivity contribution in [2.24, 2.45) is 0 Å². The van der Waals surface area contributed by atoms with Crippen LogP contribution in [0.1, 0.15) is 29.3 Å². The van der Waals surface area contributed by atoms with Crippen LogP contribution in [0.3, 0.4) is 0 Å². The van der Waals surface area contributed by atoms with E-state index in [0.717, 1.165) is 19.4 Å². The van der Waals surface area contributed by atoms with Crippen molar-refractivity contribution in [3.05, 3.63) is 58.0 Å². The van der Waals surface area contributed by atoms with Crippen LogP contribution in [-0.2, 0) is 11.3 Å². The topological polar surface area (TPSA) is 35.6 Å². The summed E-state index contributed by atoms with van der Waals surface area (Å²) in [6, 6.07) is 10.9. The standard InChI is InChI=1S/C20H26FN3OS/c1-23(2)18(19-10-6-12-26-19)13-22-20(25)17-9-5-11-24(17)14-15-7-3-4-8-16(15)21/h3-4,6-8,10,12,17-18H,5,9,11,13-14H2,1-2H3,(H,22,25). The number of rotatable bonds is 7. The fourth-order valence-corrected chi connectivity index (χ4v) is 4.41. The van der Waals surface area contributed by atoms with Gasteiger partial charge in [-0.2, -0.15) is 0 Å². The van der Waals surface area contributed by atoms with E-state index in [1.807, 2.05) is 26.2 Å². The predicted molar refractivity (Wildman–Crippen MR) is 104 cm³/mol. The second kappa shape index (κ2) is 8.75. The van der Waals surface area contributed by atoms with Gasteiger partial charge < -0.3 is 10.2 Å². The summed E-state index contributed by atoms with van der Waals surface area (Å²) in [4.78, 5) is 18.2. The van der Waals surface area contributed by atoms with E-state index in [1.54, 1.807) is 23.5 Å². The van der Waals surface area contributed by atoms with Gasteiger partial charge in [0.05, 0.1) is 12.1 Å². The van der Waals surface area contributed by atoms with Gasteiger partial charge in [0.1, 0.15) is 5.82 Å². The van der Waals surface area contributed by atoms with Gasteiger partial charge in [0, 0.05) is 23.5 Å². The van der Waals surface area contributed by atoms with E-state index in [9.17, 15) is 9.18 Å². The molecule has 1 aromatic carbocycles. The Morgan fingerprint density at radius 2 is 2.15 bits per heavy atom. The number of thiophene rings is 1. The van der Waals surface area contributed by atoms with Crippen LogP contribution in [0.2, 0.25) is 0 Å². The van der Waals surface area contributed by atoms with E-state index in [-0.39, 0.29) is 23.8 Å². The summed E-state index contributed by atoms with van der Waals surface area (Å²) in [5, 5.41) is 5.17. The van der Waals surface area contributed by atoms with Crippen LogP contribution in [0.4, 0.5) is 4.39 Å². The van der Waals surface area contributed by atoms with Gasteiger partial charge in [-0.05, 0) is 51.0 Å². The summed E-state index contributed by atoms with van der Waals surface area (Å²) in [5.74, 6) is -0.161. The Morgan fingerprint density at radius 3 is 2.85 bits per heavy atom. The maximum absolute atomic E-state index is 13.9. The molecule has 2 unspecified atom stereocenters. The summed E-state index contributed by atoms with van der Waals surface area (Å²) in [5.41, 5.74) is 0.650. The molecule has 1 aliphatic heterocycles. The first-order chi connectivity index (χ1) is 12.6. The van der Waals surface area contributed by atoms with Crippen LogP contribution in [-0.4, -0.2) is 48.9 Å². The third-order valence-corrected chi connectivity index (χ3v) is 5.94. The molecule has 1 aromatic heterocycles. The molecule has 0 spiro atoms. The van der Waals surface area contributed by atoms with Crippen molar-refractivity contribution in [2.75, 3.05) is 27.2 Å². The summed E-state index contributed by atoms with van der Waals surface area (Å²) >= 11 is 1.70. The van der Waals surface area contributed by atoms with Crippen molar-refractivity contribution in [2.45, 2.75) is 31.5 Å². The zero-order valence-electron chi connectivity index (χ0n) is 15.3. The Balaban J connectivity index is 1.60. The number of nitrogens with one attached hydrogen (secondary N) is 1. The lowest BCUT2D eigenvalue weighted by molar-refractivity contribution is -0.125. The van der Waals surface area contributed by atoms with E-state index in [4.69, 9.17) is 0 Å². The van der Waals surface area contributed by atoms with E-state index < -0.39 is 0 Å². The van der Waals surface area contributed by atoms with Gasteiger partial charge >= 0.3 is 0 Å². The van der Waals surface area contributed by atoms with E-state index in [0.29, 0.717) is 18.7 Å². The molecule has 2 aromatic rings. The molecule has 1 amide bonds. The lowest BCUT2D eigenvalue weighted by atomic mass is 10.1. The summed E-state index contributed by atoms with van der Waals surface area (Å²) in [6.07, 6.45) is 1.79. The molecule has 26 heavy (non-hydrogen) atoms. The Labute approximate surface area is 158 Å². The molecule has 0 saturated carbocycles. The van der Waals surface area contributed by atoms with Crippen LogP contribution >= 0.6 is 11.3 Å². The summed E-state index contributed by atoms with van der Waals surface area (Å²) in [7, 11) is 4.05. The van der Waals surface area contributed by atoms with Crippen molar-refractivity contribution >= 4 is 17.2 Å². The molecule has 3 rings (SSSR count). The van der Waals surface area contributed by atoms with Crippen LogP contribution in [0.15, 0.2) is 41.8 Å². The molecule has 2 heterocycles. The van der Waals surface area contributed by atoms with Crippen LogP contribution < -0.4 is 5.32 Å². The van der Waals surface area contributed by atoms with Gasteiger partial charge in [-0.1, -0.05) is 24.3 Å². The van der Waals surface area contributed by atoms with Crippen LogP contribution in [0.5, 0.6) is 0 Å². The zero-order valence-corrected chi connectivity index (χ0v) is 16.1. The van der Waals surface area contributed by atoms with Gasteiger partial charge in [-0.25, -0.2) is 4.39 Å². The SMILES string of the molecule is CN(C)C(CNC(=O)C1CCCN1Cc1ccccc1F)c1cccs1. The molecule has 6 heteroatoms. The molecular formula is C20H26FN3OS. The van der Waals surface area contributed by atoms with Crippen molar-refractivity contribution in [3.63, 3.8) is 0 Å². The molecule has 1 fully saturated rings. The summed E-state index contributed by atoms with van der Waals surface area (Å²) < 4.78 is 13.9. The highest BCUT2D eigenvalue weighted by atomic mass is 32.1. The number of nitrogens with zero attached hydrogens (tertiary/aromatic N) is 2. The fourth-order valence-electron chi connectivity index (χ4n) is 3.49. The lowest BCUT2D eigenvalue weighted by Gasteiger charge is -2.27. The van der Waals surface area contributed by atoms with Crippen molar-refractivity contribution in [3.8, 4) is 0 Å². The molecule has 0 bridgehead atoms. The monoisotopic (exact) mass is 375 g/mol. The lowest BCUT2D eigenvalue weighted by Crippen LogP contribution is -2.45. The van der Waals surface area contributed by atoms with E-state index >= 15 is 0 Å². The number of benzene rings is 1. The normalized spacial score (nSPS) is 19.0. The first-order valence-corrected chi connectivity index (χ1v) is 9.89. The van der Waals surface area contributed by atoms with Crippen molar-refractivity contribution < 1.29 is 9.18 Å². The third-order valence-electron chi connectivity index (χ3n) is 4.96. The van der Waals surface area contributed by atoms with Gasteiger partial charge in [-0.15, -0.1) is 11.3 Å². The number of halogens is 1. The van der Waals surface area contributed by atoms with Gasteiger partial charge in [-0.3, -0.25) is 9.69 Å². The summed E-state index contributed by atoms with van der Waals surface area (Å²) in [6.45, 7) is 1.89. The fraction of sp³-hybridized carbons (Fsp3) is 0.450. The number of hydrogen-bond acceptors (Lipinski definition) is 4. The zero-order chi connectivity index (χ0) is 18.5. The molecule has 1 aliphatic rings. The molecule has 4 nitrogen and oxygen atoms in total. The highest BCUT2D eigenvalue weighted by molar-refractivity contribution is 7.10. The largest absolute Gasteiger partial charge is 0.353 e. The molecule has 1 saturated heterocycles. The molecule has 0 aliphatic carbocycles. The van der Waals surface area contributed by atoms with Gasteiger partial charge in [0.25, 0.3) is 0 Å². The number of likely N-dealkylation sites (N-methyl/N-ethyl adjacent to an activating group) is 1. The Kier molecular flexibility index (Phi) is 6.40. The molecule has 1 N–H and O–H groups in total. The number of hydrogen-bond donors (Lipinski definition) is 1. The minimum Gasteiger partial charge on any atom is -0.353 e. The maximum atomic E-state index is 13.9. The predicted octanol–water partition coefficient (Wildman–Crippen LogP) is 3.27. The van der Waals surface area contributed by atoms with Gasteiger partial charge in [0.2, 0.25) is 5.91 Å². The number of amides is 1. The average molecular weight is 376 g/mol. The Morgan fingerprint density at radius 1 is 1.35 bits per heavy atom. The quantitative estimate of drug-likeness (QED) is 0.807. The Bertz CT molecular complexity index is 720. The number of carbonyl (C=O) groups is 1. The second-order valence-corrected chi connectivity index (χ2v) is 7.94. The van der Waals surface area contributed by atoms with Crippen molar-refractivity contribution in [1.82, 2.24) is 15.1 Å². The van der Waals surface area contributed by atoms with Crippen LogP contribution in [0, 0.1) is 5.82 Å². The highest BCUT2D eigenvalue weighted by Gasteiger charge is 2.31. The minimum absolute atomic E-state index is 0.0437. The number of likely N-dealkylation sites (tertiary alicyclic amines) is 1. The second-order valence-electron chi connectivity index (χ2n) is 6.96. The first-order valence-electron chi connectivity index (χ1n) is 9.01. The van der Waals surface area contributed by atoms with E-state index in [2.05, 4.69) is 26.6 Å².